The minimum absolute atomic E-state index is 0.172. The van der Waals surface area contributed by atoms with Crippen LogP contribution in [0.5, 0.6) is 5.75 Å². The van der Waals surface area contributed by atoms with E-state index in [4.69, 9.17) is 9.84 Å². The number of carboxylic acids is 1. The van der Waals surface area contributed by atoms with Crippen LogP contribution in [0.2, 0.25) is 0 Å². The van der Waals surface area contributed by atoms with Gasteiger partial charge in [0.25, 0.3) is 0 Å². The molecule has 2 N–H and O–H groups in total. The molecule has 34 heavy (non-hydrogen) atoms. The number of aryl methyl sites for hydroxylation is 2. The van der Waals surface area contributed by atoms with Crippen LogP contribution in [0.1, 0.15) is 54.0 Å². The van der Waals surface area contributed by atoms with Crippen LogP contribution in [0.4, 0.5) is 0 Å². The average molecular weight is 456 g/mol. The Morgan fingerprint density at radius 1 is 1.06 bits per heavy atom. The first kappa shape index (κ1) is 22.7. The largest absolute Gasteiger partial charge is 0.493 e. The fraction of sp³-hybridized carbons (Fsp3) is 0.367. The molecule has 5 rings (SSSR count). The number of aliphatic carboxylic acids is 1. The second kappa shape index (κ2) is 10.0. The summed E-state index contributed by atoms with van der Waals surface area (Å²) in [4.78, 5) is 11.1. The molecule has 2 aliphatic carbocycles. The number of fused-ring (bicyclic) bond motifs is 1. The van der Waals surface area contributed by atoms with Gasteiger partial charge in [-0.1, -0.05) is 54.6 Å². The van der Waals surface area contributed by atoms with Crippen molar-refractivity contribution in [1.82, 2.24) is 5.32 Å². The lowest BCUT2D eigenvalue weighted by atomic mass is 9.78. The number of carboxylic acid groups (broad SMARTS) is 1. The molecular formula is C30H33NO3. The summed E-state index contributed by atoms with van der Waals surface area (Å²) in [6.07, 6.45) is 5.70. The molecule has 0 heterocycles. The van der Waals surface area contributed by atoms with Crippen LogP contribution in [0, 0.1) is 12.8 Å². The predicted molar refractivity (Wildman–Crippen MR) is 135 cm³/mol. The lowest BCUT2D eigenvalue weighted by Gasteiger charge is -2.38. The van der Waals surface area contributed by atoms with Crippen molar-refractivity contribution in [1.29, 1.82) is 0 Å². The lowest BCUT2D eigenvalue weighted by Crippen LogP contribution is -2.46. The van der Waals surface area contributed by atoms with Crippen molar-refractivity contribution in [3.63, 3.8) is 0 Å². The molecule has 0 saturated heterocycles. The van der Waals surface area contributed by atoms with Gasteiger partial charge in [-0.2, -0.15) is 0 Å². The highest BCUT2D eigenvalue weighted by atomic mass is 16.5. The molecule has 0 unspecified atom stereocenters. The van der Waals surface area contributed by atoms with Gasteiger partial charge in [0.1, 0.15) is 5.75 Å². The molecule has 3 aromatic carbocycles. The smallest absolute Gasteiger partial charge is 0.306 e. The van der Waals surface area contributed by atoms with E-state index < -0.39 is 5.97 Å². The Kier molecular flexibility index (Phi) is 6.68. The number of hydrogen-bond acceptors (Lipinski definition) is 3. The number of carbonyl (C=O) groups is 1. The molecule has 0 spiro atoms. The first-order valence-electron chi connectivity index (χ1n) is 12.5. The minimum atomic E-state index is -0.661. The van der Waals surface area contributed by atoms with Crippen LogP contribution in [-0.2, 0) is 17.6 Å². The molecule has 4 nitrogen and oxygen atoms in total. The minimum Gasteiger partial charge on any atom is -0.493 e. The monoisotopic (exact) mass is 455 g/mol. The van der Waals surface area contributed by atoms with Crippen molar-refractivity contribution in [3.8, 4) is 16.9 Å². The Labute approximate surface area is 202 Å². The molecule has 0 bridgehead atoms. The molecule has 1 fully saturated rings. The zero-order valence-electron chi connectivity index (χ0n) is 19.8. The van der Waals surface area contributed by atoms with Crippen molar-refractivity contribution < 1.29 is 14.6 Å². The van der Waals surface area contributed by atoms with Crippen LogP contribution < -0.4 is 10.1 Å². The topological polar surface area (TPSA) is 58.6 Å². The van der Waals surface area contributed by atoms with Gasteiger partial charge in [0.15, 0.2) is 0 Å². The summed E-state index contributed by atoms with van der Waals surface area (Å²) < 4.78 is 6.13. The van der Waals surface area contributed by atoms with Crippen LogP contribution in [0.25, 0.3) is 11.1 Å². The van der Waals surface area contributed by atoms with E-state index in [-0.39, 0.29) is 5.92 Å². The Bertz CT molecular complexity index is 1150. The molecule has 1 saturated carbocycles. The summed E-state index contributed by atoms with van der Waals surface area (Å²) >= 11 is 0. The maximum absolute atomic E-state index is 11.1. The molecule has 176 valence electrons. The first-order chi connectivity index (χ1) is 16.6. The quantitative estimate of drug-likeness (QED) is 0.430. The van der Waals surface area contributed by atoms with Crippen LogP contribution in [0.15, 0.2) is 66.7 Å². The molecule has 0 radical (unpaired) electrons. The highest BCUT2D eigenvalue weighted by Gasteiger charge is 2.36. The molecule has 4 heteroatoms. The van der Waals surface area contributed by atoms with Crippen molar-refractivity contribution in [2.45, 2.75) is 57.5 Å². The second-order valence-electron chi connectivity index (χ2n) is 9.79. The van der Waals surface area contributed by atoms with Gasteiger partial charge in [-0.05, 0) is 84.5 Å². The van der Waals surface area contributed by atoms with Crippen LogP contribution in [0.3, 0.4) is 0 Å². The molecule has 0 aliphatic heterocycles. The summed E-state index contributed by atoms with van der Waals surface area (Å²) in [5.74, 6) is 0.104. The third-order valence-corrected chi connectivity index (χ3v) is 7.39. The number of hydrogen-bond donors (Lipinski definition) is 2. The Balaban J connectivity index is 1.16. The second-order valence-corrected chi connectivity index (χ2v) is 9.79. The average Bonchev–Trinajstić information content (AvgIpc) is 2.81. The molecule has 0 amide bonds. The molecule has 3 aromatic rings. The third kappa shape index (κ3) is 5.02. The van der Waals surface area contributed by atoms with E-state index in [9.17, 15) is 4.79 Å². The van der Waals surface area contributed by atoms with Crippen molar-refractivity contribution in [2.75, 3.05) is 6.61 Å². The fourth-order valence-corrected chi connectivity index (χ4v) is 5.40. The maximum Gasteiger partial charge on any atom is 0.306 e. The van der Waals surface area contributed by atoms with E-state index >= 15 is 0 Å². The zero-order valence-corrected chi connectivity index (χ0v) is 19.8. The SMILES string of the molecule is Cc1cc(CCOc2ccc3c(c2)CCC[C@@H]3NC2CC(C(=O)O)C2)ccc1-c1ccccc1. The molecule has 1 atom stereocenters. The van der Waals surface area contributed by atoms with Gasteiger partial charge < -0.3 is 15.2 Å². The number of benzene rings is 3. The van der Waals surface area contributed by atoms with Gasteiger partial charge in [-0.3, -0.25) is 4.79 Å². The van der Waals surface area contributed by atoms with Gasteiger partial charge >= 0.3 is 5.97 Å². The van der Waals surface area contributed by atoms with E-state index in [0.29, 0.717) is 18.7 Å². The highest BCUT2D eigenvalue weighted by Crippen LogP contribution is 2.36. The fourth-order valence-electron chi connectivity index (χ4n) is 5.40. The summed E-state index contributed by atoms with van der Waals surface area (Å²) in [7, 11) is 0. The Hall–Kier alpha value is -3.11. The van der Waals surface area contributed by atoms with Crippen molar-refractivity contribution >= 4 is 5.97 Å². The summed E-state index contributed by atoms with van der Waals surface area (Å²) in [6, 6.07) is 24.3. The normalized spacial score (nSPS) is 21.4. The third-order valence-electron chi connectivity index (χ3n) is 7.39. The van der Waals surface area contributed by atoms with E-state index in [1.165, 1.54) is 33.4 Å². The predicted octanol–water partition coefficient (Wildman–Crippen LogP) is 6.11. The molecular weight excluding hydrogens is 422 g/mol. The van der Waals surface area contributed by atoms with E-state index in [1.807, 2.05) is 6.07 Å². The lowest BCUT2D eigenvalue weighted by molar-refractivity contribution is -0.145. The highest BCUT2D eigenvalue weighted by molar-refractivity contribution is 5.71. The van der Waals surface area contributed by atoms with Gasteiger partial charge in [0.05, 0.1) is 12.5 Å². The van der Waals surface area contributed by atoms with Gasteiger partial charge in [0, 0.05) is 18.5 Å². The molecule has 2 aliphatic rings. The Morgan fingerprint density at radius 3 is 2.65 bits per heavy atom. The van der Waals surface area contributed by atoms with Crippen LogP contribution >= 0.6 is 0 Å². The maximum atomic E-state index is 11.1. The number of ether oxygens (including phenoxy) is 1. The van der Waals surface area contributed by atoms with E-state index in [0.717, 1.165) is 44.3 Å². The van der Waals surface area contributed by atoms with Crippen LogP contribution in [-0.4, -0.2) is 23.7 Å². The van der Waals surface area contributed by atoms with Gasteiger partial charge in [-0.15, -0.1) is 0 Å². The van der Waals surface area contributed by atoms with Crippen molar-refractivity contribution in [2.24, 2.45) is 5.92 Å². The number of nitrogens with one attached hydrogen (secondary N) is 1. The summed E-state index contributed by atoms with van der Waals surface area (Å²) in [5, 5.41) is 12.8. The molecule has 0 aromatic heterocycles. The standard InChI is InChI=1S/C30H33NO3/c1-20-16-21(10-12-27(20)22-6-3-2-4-7-22)14-15-34-26-11-13-28-23(19-26)8-5-9-29(28)31-25-17-24(18-25)30(32)33/h2-4,6-7,10-13,16,19,24-25,29,31H,5,8-9,14-15,17-18H2,1H3,(H,32,33)/t24?,25?,29-/m0/s1. The van der Waals surface area contributed by atoms with Crippen molar-refractivity contribution in [3.05, 3.63) is 89.0 Å². The van der Waals surface area contributed by atoms with Gasteiger partial charge in [0.2, 0.25) is 0 Å². The number of rotatable bonds is 8. The summed E-state index contributed by atoms with van der Waals surface area (Å²) in [5.41, 5.74) is 7.83. The van der Waals surface area contributed by atoms with Gasteiger partial charge in [-0.25, -0.2) is 0 Å². The zero-order chi connectivity index (χ0) is 23.5. The summed E-state index contributed by atoms with van der Waals surface area (Å²) in [6.45, 7) is 2.83. The van der Waals surface area contributed by atoms with E-state index in [1.54, 1.807) is 0 Å². The van der Waals surface area contributed by atoms with E-state index in [2.05, 4.69) is 72.9 Å². The Morgan fingerprint density at radius 2 is 1.88 bits per heavy atom. The first-order valence-corrected chi connectivity index (χ1v) is 12.5.